The summed E-state index contributed by atoms with van der Waals surface area (Å²) in [6.45, 7) is 1.30. The van der Waals surface area contributed by atoms with E-state index in [4.69, 9.17) is 10.4 Å². The van der Waals surface area contributed by atoms with Crippen LogP contribution in [0.3, 0.4) is 0 Å². The van der Waals surface area contributed by atoms with E-state index >= 15 is 0 Å². The van der Waals surface area contributed by atoms with Crippen LogP contribution in [0, 0.1) is 18.3 Å². The molecular weight excluding hydrogens is 296 g/mol. The number of aliphatic hydroxyl groups is 1. The van der Waals surface area contributed by atoms with Crippen molar-refractivity contribution in [3.63, 3.8) is 0 Å². The standard InChI is InChI=1S/C13H14N2O5S/c1-8-2-3-9(6-14)4-12(8)21(19,20)15-7-10(16)5-11(15)13(17)18/h2-4,10-11,16H,5,7H2,1H3,(H,17,18)/t10-,11-/m1/s1. The second kappa shape index (κ2) is 5.44. The van der Waals surface area contributed by atoms with E-state index in [0.717, 1.165) is 4.31 Å². The highest BCUT2D eigenvalue weighted by atomic mass is 32.2. The van der Waals surface area contributed by atoms with Crippen LogP contribution in [0.4, 0.5) is 0 Å². The maximum absolute atomic E-state index is 12.6. The highest BCUT2D eigenvalue weighted by Gasteiger charge is 2.44. The molecule has 1 aliphatic rings. The van der Waals surface area contributed by atoms with E-state index in [2.05, 4.69) is 0 Å². The minimum absolute atomic E-state index is 0.109. The lowest BCUT2D eigenvalue weighted by atomic mass is 10.2. The molecule has 0 unspecified atom stereocenters. The minimum atomic E-state index is -4.09. The number of aliphatic carboxylic acids is 1. The van der Waals surface area contributed by atoms with Crippen molar-refractivity contribution in [3.8, 4) is 6.07 Å². The summed E-state index contributed by atoms with van der Waals surface area (Å²) in [7, 11) is -4.09. The number of β-amino-alcohol motifs (C(OH)–C–C–N with tert-alkyl or cyclic N) is 1. The number of hydrogen-bond acceptors (Lipinski definition) is 5. The van der Waals surface area contributed by atoms with Crippen LogP contribution in [0.25, 0.3) is 0 Å². The highest BCUT2D eigenvalue weighted by Crippen LogP contribution is 2.28. The third-order valence-electron chi connectivity index (χ3n) is 3.42. The number of benzene rings is 1. The molecule has 112 valence electrons. The van der Waals surface area contributed by atoms with E-state index in [-0.39, 0.29) is 23.4 Å². The van der Waals surface area contributed by atoms with Crippen LogP contribution in [-0.4, -0.2) is 47.6 Å². The Kier molecular flexibility index (Phi) is 4.00. The Hall–Kier alpha value is -1.95. The number of carboxylic acids is 1. The quantitative estimate of drug-likeness (QED) is 0.816. The second-order valence-corrected chi connectivity index (χ2v) is 6.77. The first kappa shape index (κ1) is 15.4. The van der Waals surface area contributed by atoms with E-state index in [0.29, 0.717) is 5.56 Å². The number of aliphatic hydroxyl groups excluding tert-OH is 1. The summed E-state index contributed by atoms with van der Waals surface area (Å²) in [5, 5.41) is 27.6. The number of nitriles is 1. The first-order valence-electron chi connectivity index (χ1n) is 6.21. The van der Waals surface area contributed by atoms with Gasteiger partial charge in [0.15, 0.2) is 0 Å². The largest absolute Gasteiger partial charge is 0.480 e. The van der Waals surface area contributed by atoms with Crippen molar-refractivity contribution < 1.29 is 23.4 Å². The van der Waals surface area contributed by atoms with Crippen molar-refractivity contribution in [2.24, 2.45) is 0 Å². The molecule has 0 radical (unpaired) electrons. The number of hydrogen-bond donors (Lipinski definition) is 2. The average Bonchev–Trinajstić information content (AvgIpc) is 2.82. The van der Waals surface area contributed by atoms with Gasteiger partial charge in [-0.3, -0.25) is 4.79 Å². The minimum Gasteiger partial charge on any atom is -0.480 e. The summed E-state index contributed by atoms with van der Waals surface area (Å²) in [5.74, 6) is -1.30. The Bertz CT molecular complexity index is 723. The summed E-state index contributed by atoms with van der Waals surface area (Å²) in [6, 6.07) is 4.75. The first-order valence-corrected chi connectivity index (χ1v) is 7.65. The van der Waals surface area contributed by atoms with Gasteiger partial charge >= 0.3 is 5.97 Å². The molecule has 8 heteroatoms. The molecule has 2 rings (SSSR count). The molecule has 2 N–H and O–H groups in total. The van der Waals surface area contributed by atoms with Gasteiger partial charge in [-0.25, -0.2) is 8.42 Å². The van der Waals surface area contributed by atoms with Gasteiger partial charge in [0.05, 0.1) is 22.6 Å². The molecule has 7 nitrogen and oxygen atoms in total. The van der Waals surface area contributed by atoms with Crippen LogP contribution in [0.1, 0.15) is 17.5 Å². The number of rotatable bonds is 3. The van der Waals surface area contributed by atoms with Gasteiger partial charge in [0, 0.05) is 13.0 Å². The van der Waals surface area contributed by atoms with Gasteiger partial charge in [0.25, 0.3) is 0 Å². The topological polar surface area (TPSA) is 119 Å². The van der Waals surface area contributed by atoms with Gasteiger partial charge in [0.1, 0.15) is 6.04 Å². The van der Waals surface area contributed by atoms with Crippen LogP contribution in [0.5, 0.6) is 0 Å². The maximum atomic E-state index is 12.6. The van der Waals surface area contributed by atoms with Crippen LogP contribution >= 0.6 is 0 Å². The molecule has 0 spiro atoms. The highest BCUT2D eigenvalue weighted by molar-refractivity contribution is 7.89. The molecule has 0 bridgehead atoms. The number of carboxylic acid groups (broad SMARTS) is 1. The molecule has 0 amide bonds. The van der Waals surface area contributed by atoms with E-state index in [1.54, 1.807) is 6.92 Å². The van der Waals surface area contributed by atoms with Gasteiger partial charge in [-0.2, -0.15) is 9.57 Å². The predicted octanol–water partition coefficient (Wildman–Crippen LogP) is 0.0752. The fourth-order valence-corrected chi connectivity index (χ4v) is 4.23. The van der Waals surface area contributed by atoms with E-state index in [1.165, 1.54) is 18.2 Å². The zero-order valence-corrected chi connectivity index (χ0v) is 12.0. The Morgan fingerprint density at radius 2 is 2.14 bits per heavy atom. The fourth-order valence-electron chi connectivity index (χ4n) is 2.35. The summed E-state index contributed by atoms with van der Waals surface area (Å²) in [6.07, 6.45) is -1.16. The van der Waals surface area contributed by atoms with Gasteiger partial charge in [-0.1, -0.05) is 6.07 Å². The summed E-state index contributed by atoms with van der Waals surface area (Å²) in [4.78, 5) is 11.1. The van der Waals surface area contributed by atoms with Gasteiger partial charge in [0.2, 0.25) is 10.0 Å². The molecule has 21 heavy (non-hydrogen) atoms. The molecule has 1 fully saturated rings. The molecule has 1 aromatic rings. The lowest BCUT2D eigenvalue weighted by Gasteiger charge is -2.21. The lowest BCUT2D eigenvalue weighted by Crippen LogP contribution is -2.40. The Morgan fingerprint density at radius 3 is 2.71 bits per heavy atom. The number of sulfonamides is 1. The van der Waals surface area contributed by atoms with Crippen LogP contribution in [0.2, 0.25) is 0 Å². The number of aryl methyl sites for hydroxylation is 1. The molecule has 1 aromatic carbocycles. The van der Waals surface area contributed by atoms with Crippen molar-refractivity contribution in [1.82, 2.24) is 4.31 Å². The van der Waals surface area contributed by atoms with Crippen molar-refractivity contribution in [2.75, 3.05) is 6.54 Å². The molecule has 0 aliphatic carbocycles. The number of carbonyl (C=O) groups is 1. The lowest BCUT2D eigenvalue weighted by molar-refractivity contribution is -0.140. The molecule has 2 atom stereocenters. The normalized spacial score (nSPS) is 22.9. The van der Waals surface area contributed by atoms with Crippen molar-refractivity contribution in [2.45, 2.75) is 30.4 Å². The number of nitrogens with zero attached hydrogens (tertiary/aromatic N) is 2. The zero-order valence-electron chi connectivity index (χ0n) is 11.2. The maximum Gasteiger partial charge on any atom is 0.322 e. The van der Waals surface area contributed by atoms with Crippen molar-refractivity contribution >= 4 is 16.0 Å². The molecule has 1 saturated heterocycles. The monoisotopic (exact) mass is 310 g/mol. The van der Waals surface area contributed by atoms with Crippen LogP contribution < -0.4 is 0 Å². The van der Waals surface area contributed by atoms with Gasteiger partial charge in [-0.15, -0.1) is 0 Å². The third-order valence-corrected chi connectivity index (χ3v) is 5.44. The molecular formula is C13H14N2O5S. The van der Waals surface area contributed by atoms with E-state index in [1.807, 2.05) is 6.07 Å². The van der Waals surface area contributed by atoms with Crippen LogP contribution in [0.15, 0.2) is 23.1 Å². The average molecular weight is 310 g/mol. The van der Waals surface area contributed by atoms with E-state index < -0.39 is 28.1 Å². The Morgan fingerprint density at radius 1 is 1.48 bits per heavy atom. The van der Waals surface area contributed by atoms with Gasteiger partial charge in [-0.05, 0) is 24.6 Å². The smallest absolute Gasteiger partial charge is 0.322 e. The van der Waals surface area contributed by atoms with E-state index in [9.17, 15) is 18.3 Å². The third kappa shape index (κ3) is 2.76. The van der Waals surface area contributed by atoms with Crippen LogP contribution in [-0.2, 0) is 14.8 Å². The second-order valence-electron chi connectivity index (χ2n) is 4.91. The summed E-state index contributed by atoms with van der Waals surface area (Å²) < 4.78 is 26.0. The zero-order chi connectivity index (χ0) is 15.8. The van der Waals surface area contributed by atoms with Gasteiger partial charge < -0.3 is 10.2 Å². The van der Waals surface area contributed by atoms with Crippen molar-refractivity contribution in [1.29, 1.82) is 5.26 Å². The fraction of sp³-hybridized carbons (Fsp3) is 0.385. The SMILES string of the molecule is Cc1ccc(C#N)cc1S(=O)(=O)N1C[C@H](O)C[C@@H]1C(=O)O. The molecule has 1 aliphatic heterocycles. The summed E-state index contributed by atoms with van der Waals surface area (Å²) >= 11 is 0. The molecule has 1 heterocycles. The Balaban J connectivity index is 2.52. The summed E-state index contributed by atoms with van der Waals surface area (Å²) in [5.41, 5.74) is 0.588. The van der Waals surface area contributed by atoms with Crippen molar-refractivity contribution in [3.05, 3.63) is 29.3 Å². The molecule has 0 saturated carbocycles. The Labute approximate surface area is 122 Å². The molecule has 0 aromatic heterocycles. The first-order chi connectivity index (χ1) is 9.77. The predicted molar refractivity (Wildman–Crippen MR) is 71.8 cm³/mol.